The number of ether oxygens (including phenoxy) is 2. The second-order valence-electron chi connectivity index (χ2n) is 27.1. The van der Waals surface area contributed by atoms with Crippen molar-refractivity contribution < 1.29 is 37.4 Å². The van der Waals surface area contributed by atoms with Crippen molar-refractivity contribution in [3.63, 3.8) is 0 Å². The third kappa shape index (κ3) is 14.3. The van der Waals surface area contributed by atoms with Crippen molar-refractivity contribution in [2.45, 2.75) is 114 Å². The van der Waals surface area contributed by atoms with E-state index in [1.165, 1.54) is 24.3 Å². The van der Waals surface area contributed by atoms with E-state index in [2.05, 4.69) is 54.0 Å². The van der Waals surface area contributed by atoms with Crippen LogP contribution in [0.4, 0.5) is 20.2 Å². The zero-order valence-electron chi connectivity index (χ0n) is 51.7. The molecule has 11 rings (SSSR count). The molecule has 2 aromatic heterocycles. The molecular formula is C65H88F2N12O8. The summed E-state index contributed by atoms with van der Waals surface area (Å²) < 4.78 is 39.7. The van der Waals surface area contributed by atoms with Crippen LogP contribution in [0.5, 0.6) is 0 Å². The first-order chi connectivity index (χ1) is 41.5. The highest BCUT2D eigenvalue weighted by Gasteiger charge is 2.44. The predicted octanol–water partition coefficient (Wildman–Crippen LogP) is 2.89. The maximum Gasteiger partial charge on any atom is 0.253 e. The zero-order valence-corrected chi connectivity index (χ0v) is 51.7. The van der Waals surface area contributed by atoms with Crippen molar-refractivity contribution in [3.8, 4) is 0 Å². The van der Waals surface area contributed by atoms with Gasteiger partial charge in [-0.3, -0.25) is 48.4 Å². The number of aromatic nitrogens is 2. The molecule has 0 unspecified atom stereocenters. The van der Waals surface area contributed by atoms with Crippen molar-refractivity contribution in [2.75, 3.05) is 141 Å². The van der Waals surface area contributed by atoms with E-state index in [1.54, 1.807) is 34.1 Å². The van der Waals surface area contributed by atoms with E-state index in [1.807, 2.05) is 56.7 Å². The lowest BCUT2D eigenvalue weighted by Crippen LogP contribution is -2.62. The van der Waals surface area contributed by atoms with Crippen molar-refractivity contribution in [2.24, 2.45) is 5.92 Å². The number of pyridine rings is 2. The Kier molecular flexibility index (Phi) is 18.7. The number of benzene rings is 2. The molecule has 22 heteroatoms. The van der Waals surface area contributed by atoms with Gasteiger partial charge in [0, 0.05) is 176 Å². The lowest BCUT2D eigenvalue weighted by Gasteiger charge is -2.44. The number of likely N-dealkylation sites (N-methyl/N-ethyl adjacent to an activating group) is 1. The van der Waals surface area contributed by atoms with Crippen molar-refractivity contribution in [1.82, 2.24) is 50.0 Å². The summed E-state index contributed by atoms with van der Waals surface area (Å²) in [5.74, 6) is -0.652. The zero-order chi connectivity index (χ0) is 61.5. The van der Waals surface area contributed by atoms with E-state index in [-0.39, 0.29) is 89.6 Å². The molecule has 5 saturated heterocycles. The Morgan fingerprint density at radius 2 is 1.06 bits per heavy atom. The van der Waals surface area contributed by atoms with E-state index in [0.29, 0.717) is 147 Å². The van der Waals surface area contributed by atoms with Crippen molar-refractivity contribution in [3.05, 3.63) is 127 Å². The molecule has 5 fully saturated rings. The smallest absolute Gasteiger partial charge is 0.253 e. The summed E-state index contributed by atoms with van der Waals surface area (Å²) in [6, 6.07) is 16.2. The van der Waals surface area contributed by atoms with Crippen molar-refractivity contribution in [1.29, 1.82) is 0 Å². The Balaban J connectivity index is 0.641. The predicted molar refractivity (Wildman–Crippen MR) is 328 cm³/mol. The molecule has 4 amide bonds. The number of likely N-dealkylation sites (tertiary alicyclic amines) is 1. The Bertz CT molecular complexity index is 3280. The standard InChI is InChI=1S/C65H88F2N12O8/c1-41-30-76(37-56(80)78-39-64(3,4)58-52(78)26-46(60(82)70-58)24-43-8-12-48(66)13-9-43)50(28-68-41)33-73-20-22-86-54(35-73)62(84)72(7)32-45-16-18-75(19-17-45)63(85)55-36-74(21-23-87-55)34-51-29-69-42(2)31-77(51)38-57(81)79-40-65(5,6)59-53(79)27-47(61(83)71-59)25-44-10-14-49(67)15-11-44/h8-15,26-27,41-42,45,50-51,54-55,68-69H,16-25,28-40H2,1-7H3,(H,70,82)(H,71,83)/t41-,42-,50-,51-,54+,55+/m1/s1. The molecule has 0 spiro atoms. The number of carbonyl (C=O) groups excluding carboxylic acids is 4. The minimum absolute atomic E-state index is 0.00105. The average molecular weight is 1200 g/mol. The van der Waals surface area contributed by atoms with Crippen LogP contribution < -0.4 is 31.6 Å². The quantitative estimate of drug-likeness (QED) is 0.128. The minimum atomic E-state index is -0.630. The molecule has 4 aromatic rings. The van der Waals surface area contributed by atoms with Gasteiger partial charge >= 0.3 is 0 Å². The Labute approximate surface area is 508 Å². The van der Waals surface area contributed by atoms with Gasteiger partial charge in [-0.05, 0) is 80.1 Å². The Morgan fingerprint density at radius 3 is 1.52 bits per heavy atom. The fourth-order valence-corrected chi connectivity index (χ4v) is 14.3. The fraction of sp³-hybridized carbons (Fsp3) is 0.600. The lowest BCUT2D eigenvalue weighted by atomic mass is 9.91. The second kappa shape index (κ2) is 26.1. The minimum Gasteiger partial charge on any atom is -0.366 e. The number of hydrogen-bond donors (Lipinski definition) is 4. The van der Waals surface area contributed by atoms with Gasteiger partial charge in [-0.25, -0.2) is 8.78 Å². The monoisotopic (exact) mass is 1200 g/mol. The number of rotatable bonds is 16. The van der Waals surface area contributed by atoms with Gasteiger partial charge in [0.15, 0.2) is 0 Å². The van der Waals surface area contributed by atoms with Gasteiger partial charge in [0.1, 0.15) is 23.8 Å². The van der Waals surface area contributed by atoms with Crippen molar-refractivity contribution >= 4 is 35.0 Å². The molecule has 4 N–H and O–H groups in total. The summed E-state index contributed by atoms with van der Waals surface area (Å²) in [6.45, 7) is 22.4. The van der Waals surface area contributed by atoms with Gasteiger partial charge < -0.3 is 49.7 Å². The van der Waals surface area contributed by atoms with Gasteiger partial charge in [-0.15, -0.1) is 0 Å². The van der Waals surface area contributed by atoms with Gasteiger partial charge in [0.05, 0.1) is 37.7 Å². The number of morpholine rings is 2. The van der Waals surface area contributed by atoms with E-state index in [4.69, 9.17) is 9.47 Å². The number of nitrogens with zero attached hydrogens (tertiary/aromatic N) is 8. The number of piperidine rings is 1. The molecule has 2 aromatic carbocycles. The molecule has 0 aliphatic carbocycles. The molecule has 9 heterocycles. The van der Waals surface area contributed by atoms with Gasteiger partial charge in [-0.1, -0.05) is 52.0 Å². The maximum atomic E-state index is 14.4. The number of piperazine rings is 2. The second-order valence-corrected chi connectivity index (χ2v) is 27.1. The fourth-order valence-electron chi connectivity index (χ4n) is 14.3. The lowest BCUT2D eigenvalue weighted by molar-refractivity contribution is -0.153. The molecular weight excluding hydrogens is 1110 g/mol. The van der Waals surface area contributed by atoms with Crippen LogP contribution in [-0.4, -0.2) is 231 Å². The van der Waals surface area contributed by atoms with Crippen LogP contribution in [0.15, 0.2) is 70.3 Å². The van der Waals surface area contributed by atoms with Crippen LogP contribution in [0.2, 0.25) is 0 Å². The van der Waals surface area contributed by atoms with Crippen LogP contribution in [-0.2, 0) is 52.3 Å². The SMILES string of the molecule is C[C@@H]1CN(CC(=O)N2CC(C)(C)c3[nH]c(=O)c(Cc4ccc(F)cc4)cc32)[C@@H](CN2CCO[C@H](C(=O)N(C)CC3CCN(C(=O)[C@@H]4CN(C[C@H]5CN[C@H](C)CN5CC(=O)N5CC(C)(C)c6[nH]c(=O)c(Cc7ccc(F)cc7)cc65)CCO4)CC3)C2)CN1. The summed E-state index contributed by atoms with van der Waals surface area (Å²) in [6.07, 6.45) is 0.899. The Morgan fingerprint density at radius 1 is 0.621 bits per heavy atom. The molecule has 0 radical (unpaired) electrons. The Hall–Kier alpha value is -6.24. The van der Waals surface area contributed by atoms with E-state index in [9.17, 15) is 37.5 Å². The maximum absolute atomic E-state index is 14.4. The third-order valence-corrected chi connectivity index (χ3v) is 19.2. The highest BCUT2D eigenvalue weighted by Crippen LogP contribution is 2.41. The highest BCUT2D eigenvalue weighted by atomic mass is 19.1. The third-order valence-electron chi connectivity index (χ3n) is 19.2. The van der Waals surface area contributed by atoms with Crippen LogP contribution in [0.1, 0.15) is 88.0 Å². The largest absolute Gasteiger partial charge is 0.366 e. The number of amides is 4. The van der Waals surface area contributed by atoms with E-state index in [0.717, 1.165) is 35.4 Å². The molecule has 7 aliphatic heterocycles. The van der Waals surface area contributed by atoms with E-state index >= 15 is 0 Å². The average Bonchev–Trinajstić information content (AvgIpc) is 1.68. The first-order valence-electron chi connectivity index (χ1n) is 31.3. The molecule has 20 nitrogen and oxygen atoms in total. The number of halogens is 2. The van der Waals surface area contributed by atoms with Gasteiger partial charge in [0.25, 0.3) is 22.9 Å². The molecule has 470 valence electrons. The number of carbonyl (C=O) groups is 4. The first-order valence-corrected chi connectivity index (χ1v) is 31.3. The van der Waals surface area contributed by atoms with E-state index < -0.39 is 23.0 Å². The molecule has 87 heavy (non-hydrogen) atoms. The van der Waals surface area contributed by atoms with Crippen LogP contribution in [0.3, 0.4) is 0 Å². The summed E-state index contributed by atoms with van der Waals surface area (Å²) in [5, 5.41) is 7.22. The van der Waals surface area contributed by atoms with Crippen LogP contribution in [0.25, 0.3) is 0 Å². The molecule has 7 aliphatic rings. The van der Waals surface area contributed by atoms with Crippen LogP contribution >= 0.6 is 0 Å². The summed E-state index contributed by atoms with van der Waals surface area (Å²) in [5.41, 5.74) is 4.14. The number of aromatic amines is 2. The van der Waals surface area contributed by atoms with Gasteiger partial charge in [0.2, 0.25) is 11.8 Å². The number of hydrogen-bond acceptors (Lipinski definition) is 14. The number of anilines is 2. The summed E-state index contributed by atoms with van der Waals surface area (Å²) in [7, 11) is 1.84. The summed E-state index contributed by atoms with van der Waals surface area (Å²) in [4.78, 5) is 106. The first kappa shape index (κ1) is 62.4. The number of nitrogens with one attached hydrogen (secondary N) is 4. The normalized spacial score (nSPS) is 25.6. The number of fused-ring (bicyclic) bond motifs is 2. The molecule has 0 bridgehead atoms. The number of H-pyrrole nitrogens is 2. The molecule has 6 atom stereocenters. The highest BCUT2D eigenvalue weighted by molar-refractivity contribution is 5.98. The molecule has 0 saturated carbocycles. The topological polar surface area (TPSA) is 202 Å². The van der Waals surface area contributed by atoms with Gasteiger partial charge in [-0.2, -0.15) is 0 Å². The van der Waals surface area contributed by atoms with Crippen LogP contribution in [0, 0.1) is 17.6 Å². The summed E-state index contributed by atoms with van der Waals surface area (Å²) >= 11 is 0.